The van der Waals surface area contributed by atoms with Crippen LogP contribution in [0.3, 0.4) is 0 Å². The Hall–Kier alpha value is -0.320. The monoisotopic (exact) mass is 287 g/mol. The van der Waals surface area contributed by atoms with Crippen LogP contribution in [0.4, 0.5) is 0 Å². The lowest BCUT2D eigenvalue weighted by atomic mass is 9.93. The summed E-state index contributed by atoms with van der Waals surface area (Å²) < 4.78 is 6.28. The molecular formula is C12H18BrNO2. The molecule has 2 rings (SSSR count). The van der Waals surface area contributed by atoms with Gasteiger partial charge in [0, 0.05) is 6.54 Å². The van der Waals surface area contributed by atoms with E-state index < -0.39 is 0 Å². The molecule has 0 saturated carbocycles. The molecule has 2 unspecified atom stereocenters. The highest BCUT2D eigenvalue weighted by Gasteiger charge is 2.23. The number of hydrogen-bond donors (Lipinski definition) is 1. The van der Waals surface area contributed by atoms with Crippen molar-refractivity contribution in [2.24, 2.45) is 5.92 Å². The van der Waals surface area contributed by atoms with Crippen molar-refractivity contribution in [2.45, 2.75) is 32.4 Å². The van der Waals surface area contributed by atoms with Gasteiger partial charge in [-0.1, -0.05) is 0 Å². The summed E-state index contributed by atoms with van der Waals surface area (Å²) in [4.78, 5) is 2.35. The summed E-state index contributed by atoms with van der Waals surface area (Å²) in [5, 5.41) is 9.61. The van der Waals surface area contributed by atoms with Crippen LogP contribution < -0.4 is 0 Å². The van der Waals surface area contributed by atoms with Gasteiger partial charge in [0.2, 0.25) is 0 Å². The minimum absolute atomic E-state index is 0.203. The molecule has 1 aromatic rings. The summed E-state index contributed by atoms with van der Waals surface area (Å²) in [6, 6.07) is 3.92. The van der Waals surface area contributed by atoms with Crippen LogP contribution in [0.5, 0.6) is 0 Å². The number of rotatable bonds is 3. The maximum Gasteiger partial charge on any atom is 0.169 e. The van der Waals surface area contributed by atoms with Gasteiger partial charge in [-0.25, -0.2) is 0 Å². The van der Waals surface area contributed by atoms with Crippen molar-refractivity contribution in [3.63, 3.8) is 0 Å². The average Bonchev–Trinajstić information content (AvgIpc) is 2.64. The molecule has 16 heavy (non-hydrogen) atoms. The van der Waals surface area contributed by atoms with E-state index in [0.717, 1.165) is 42.9 Å². The third kappa shape index (κ3) is 3.09. The molecule has 0 radical (unpaired) electrons. The molecule has 3 nitrogen and oxygen atoms in total. The molecule has 1 aromatic heterocycles. The lowest BCUT2D eigenvalue weighted by molar-refractivity contribution is 0.0571. The Bertz CT molecular complexity index is 338. The summed E-state index contributed by atoms with van der Waals surface area (Å²) in [5.74, 6) is 1.39. The molecule has 1 fully saturated rings. The van der Waals surface area contributed by atoms with Gasteiger partial charge in [-0.2, -0.15) is 0 Å². The van der Waals surface area contributed by atoms with Crippen molar-refractivity contribution in [1.29, 1.82) is 0 Å². The van der Waals surface area contributed by atoms with Crippen LogP contribution in [0.1, 0.15) is 25.5 Å². The number of likely N-dealkylation sites (tertiary alicyclic amines) is 1. The molecular weight excluding hydrogens is 270 g/mol. The van der Waals surface area contributed by atoms with Crippen LogP contribution in [0.2, 0.25) is 0 Å². The first-order chi connectivity index (χ1) is 7.65. The molecule has 1 N–H and O–H groups in total. The largest absolute Gasteiger partial charge is 0.453 e. The Morgan fingerprint density at radius 1 is 1.62 bits per heavy atom. The van der Waals surface area contributed by atoms with E-state index >= 15 is 0 Å². The smallest absolute Gasteiger partial charge is 0.169 e. The van der Waals surface area contributed by atoms with Crippen molar-refractivity contribution < 1.29 is 9.52 Å². The number of nitrogens with zero attached hydrogens (tertiary/aromatic N) is 1. The van der Waals surface area contributed by atoms with E-state index in [1.54, 1.807) is 0 Å². The second kappa shape index (κ2) is 5.34. The molecule has 0 bridgehead atoms. The minimum Gasteiger partial charge on any atom is -0.453 e. The zero-order valence-electron chi connectivity index (χ0n) is 9.53. The number of halogens is 1. The van der Waals surface area contributed by atoms with E-state index in [1.807, 2.05) is 19.1 Å². The molecule has 4 heteroatoms. The Balaban J connectivity index is 1.90. The average molecular weight is 288 g/mol. The Kier molecular flexibility index (Phi) is 4.05. The van der Waals surface area contributed by atoms with Gasteiger partial charge in [0.1, 0.15) is 5.76 Å². The Morgan fingerprint density at radius 3 is 3.06 bits per heavy atom. The standard InChI is InChI=1S/C12H18BrNO2/c1-9(15)10-3-2-6-14(7-10)8-11-4-5-12(13)16-11/h4-5,9-10,15H,2-3,6-8H2,1H3. The number of furan rings is 1. The summed E-state index contributed by atoms with van der Waals surface area (Å²) in [6.07, 6.45) is 2.10. The van der Waals surface area contributed by atoms with Gasteiger partial charge < -0.3 is 9.52 Å². The summed E-state index contributed by atoms with van der Waals surface area (Å²) in [7, 11) is 0. The number of aliphatic hydroxyl groups is 1. The summed E-state index contributed by atoms with van der Waals surface area (Å²) >= 11 is 3.31. The van der Waals surface area contributed by atoms with Crippen LogP contribution in [0.15, 0.2) is 21.2 Å². The van der Waals surface area contributed by atoms with Crippen LogP contribution in [0, 0.1) is 5.92 Å². The second-order valence-electron chi connectivity index (χ2n) is 4.58. The fourth-order valence-corrected chi connectivity index (χ4v) is 2.63. The predicted octanol–water partition coefficient (Wildman–Crippen LogP) is 2.63. The first-order valence-corrected chi connectivity index (χ1v) is 6.59. The fourth-order valence-electron chi connectivity index (χ4n) is 2.29. The first-order valence-electron chi connectivity index (χ1n) is 5.80. The van der Waals surface area contributed by atoms with E-state index in [4.69, 9.17) is 4.42 Å². The van der Waals surface area contributed by atoms with E-state index in [-0.39, 0.29) is 6.10 Å². The van der Waals surface area contributed by atoms with Crippen molar-refractivity contribution in [2.75, 3.05) is 13.1 Å². The third-order valence-electron chi connectivity index (χ3n) is 3.23. The normalized spacial score (nSPS) is 24.6. The maximum atomic E-state index is 9.61. The van der Waals surface area contributed by atoms with E-state index in [9.17, 15) is 5.11 Å². The zero-order valence-corrected chi connectivity index (χ0v) is 11.1. The molecule has 90 valence electrons. The Labute approximate surface area is 105 Å². The number of hydrogen-bond acceptors (Lipinski definition) is 3. The lowest BCUT2D eigenvalue weighted by Gasteiger charge is -2.33. The number of piperidine rings is 1. The minimum atomic E-state index is -0.203. The van der Waals surface area contributed by atoms with Gasteiger partial charge in [-0.15, -0.1) is 0 Å². The maximum absolute atomic E-state index is 9.61. The van der Waals surface area contributed by atoms with E-state index in [0.29, 0.717) is 5.92 Å². The lowest BCUT2D eigenvalue weighted by Crippen LogP contribution is -2.38. The van der Waals surface area contributed by atoms with Gasteiger partial charge in [0.05, 0.1) is 12.6 Å². The highest BCUT2D eigenvalue weighted by molar-refractivity contribution is 9.10. The van der Waals surface area contributed by atoms with E-state index in [1.165, 1.54) is 0 Å². The summed E-state index contributed by atoms with van der Waals surface area (Å²) in [5.41, 5.74) is 0. The van der Waals surface area contributed by atoms with Gasteiger partial charge >= 0.3 is 0 Å². The van der Waals surface area contributed by atoms with Gasteiger partial charge in [-0.05, 0) is 60.3 Å². The van der Waals surface area contributed by atoms with Crippen LogP contribution in [-0.2, 0) is 6.54 Å². The van der Waals surface area contributed by atoms with Crippen molar-refractivity contribution in [1.82, 2.24) is 4.90 Å². The second-order valence-corrected chi connectivity index (χ2v) is 5.37. The summed E-state index contributed by atoms with van der Waals surface area (Å²) in [6.45, 7) is 4.80. The molecule has 1 saturated heterocycles. The highest BCUT2D eigenvalue weighted by Crippen LogP contribution is 2.22. The first kappa shape index (κ1) is 12.1. The fraction of sp³-hybridized carbons (Fsp3) is 0.667. The van der Waals surface area contributed by atoms with Crippen LogP contribution in [-0.4, -0.2) is 29.2 Å². The van der Waals surface area contributed by atoms with Crippen LogP contribution in [0.25, 0.3) is 0 Å². The SMILES string of the molecule is CC(O)C1CCCN(Cc2ccc(Br)o2)C1. The van der Waals surface area contributed by atoms with Gasteiger partial charge in [-0.3, -0.25) is 4.90 Å². The molecule has 0 aliphatic carbocycles. The zero-order chi connectivity index (χ0) is 11.5. The van der Waals surface area contributed by atoms with Gasteiger partial charge in [0.15, 0.2) is 4.67 Å². The molecule has 1 aliphatic rings. The van der Waals surface area contributed by atoms with Gasteiger partial charge in [0.25, 0.3) is 0 Å². The molecule has 0 amide bonds. The van der Waals surface area contributed by atoms with Crippen LogP contribution >= 0.6 is 15.9 Å². The predicted molar refractivity (Wildman–Crippen MR) is 66.1 cm³/mol. The number of aliphatic hydroxyl groups excluding tert-OH is 1. The van der Waals surface area contributed by atoms with E-state index in [2.05, 4.69) is 20.8 Å². The quantitative estimate of drug-likeness (QED) is 0.929. The molecule has 2 heterocycles. The topological polar surface area (TPSA) is 36.6 Å². The van der Waals surface area contributed by atoms with Crippen molar-refractivity contribution >= 4 is 15.9 Å². The molecule has 1 aliphatic heterocycles. The highest BCUT2D eigenvalue weighted by atomic mass is 79.9. The molecule has 2 atom stereocenters. The van der Waals surface area contributed by atoms with Crippen molar-refractivity contribution in [3.8, 4) is 0 Å². The molecule has 0 spiro atoms. The Morgan fingerprint density at radius 2 is 2.44 bits per heavy atom. The third-order valence-corrected chi connectivity index (χ3v) is 3.66. The van der Waals surface area contributed by atoms with Crippen molar-refractivity contribution in [3.05, 3.63) is 22.6 Å². The molecule has 0 aromatic carbocycles.